The molecule has 1 aromatic rings. The Balaban J connectivity index is 3.23. The largest absolute Gasteiger partial charge is 0.467 e. The number of benzene rings is 1. The number of carbonyl (C=O) groups excluding carboxylic acids is 1. The second-order valence-corrected chi connectivity index (χ2v) is 4.20. The molecular formula is C11H14BrNO2. The monoisotopic (exact) mass is 271 g/mol. The molecule has 1 unspecified atom stereocenters. The van der Waals surface area contributed by atoms with Crippen molar-refractivity contribution < 1.29 is 9.53 Å². The molecule has 0 heterocycles. The Morgan fingerprint density at radius 2 is 2.07 bits per heavy atom. The van der Waals surface area contributed by atoms with E-state index in [9.17, 15) is 4.79 Å². The lowest BCUT2D eigenvalue weighted by Gasteiger charge is -2.27. The van der Waals surface area contributed by atoms with E-state index in [0.29, 0.717) is 0 Å². The van der Waals surface area contributed by atoms with Crippen LogP contribution in [0.25, 0.3) is 0 Å². The third-order valence-electron chi connectivity index (χ3n) is 2.51. The molecule has 4 heteroatoms. The molecule has 0 spiro atoms. The Kier molecular flexibility index (Phi) is 3.88. The van der Waals surface area contributed by atoms with Gasteiger partial charge in [-0.25, -0.2) is 4.79 Å². The van der Waals surface area contributed by atoms with Crippen LogP contribution in [0.5, 0.6) is 0 Å². The minimum atomic E-state index is -0.825. The normalized spacial score (nSPS) is 14.4. The van der Waals surface area contributed by atoms with Crippen LogP contribution >= 0.6 is 15.9 Å². The predicted molar refractivity (Wildman–Crippen MR) is 62.6 cm³/mol. The number of nitrogens with one attached hydrogen (secondary N) is 1. The lowest BCUT2D eigenvalue weighted by Crippen LogP contribution is -2.45. The SMILES string of the molecule is CNC(C)(C(=O)OC)c1ccccc1Br. The molecule has 1 aromatic carbocycles. The maximum absolute atomic E-state index is 11.7. The number of esters is 1. The highest BCUT2D eigenvalue weighted by Crippen LogP contribution is 2.28. The van der Waals surface area contributed by atoms with E-state index in [2.05, 4.69) is 21.2 Å². The van der Waals surface area contributed by atoms with Crippen molar-refractivity contribution in [2.75, 3.05) is 14.2 Å². The number of likely N-dealkylation sites (N-methyl/N-ethyl adjacent to an activating group) is 1. The first kappa shape index (κ1) is 12.2. The van der Waals surface area contributed by atoms with Gasteiger partial charge in [-0.05, 0) is 25.6 Å². The van der Waals surface area contributed by atoms with Crippen LogP contribution in [0.4, 0.5) is 0 Å². The van der Waals surface area contributed by atoms with Gasteiger partial charge in [-0.15, -0.1) is 0 Å². The molecule has 0 aliphatic rings. The topological polar surface area (TPSA) is 38.3 Å². The van der Waals surface area contributed by atoms with E-state index < -0.39 is 5.54 Å². The van der Waals surface area contributed by atoms with Crippen LogP contribution in [0.2, 0.25) is 0 Å². The fourth-order valence-corrected chi connectivity index (χ4v) is 2.10. The van der Waals surface area contributed by atoms with E-state index >= 15 is 0 Å². The summed E-state index contributed by atoms with van der Waals surface area (Å²) in [4.78, 5) is 11.7. The Morgan fingerprint density at radius 3 is 2.53 bits per heavy atom. The van der Waals surface area contributed by atoms with Crippen LogP contribution in [-0.2, 0) is 15.1 Å². The molecular weight excluding hydrogens is 258 g/mol. The van der Waals surface area contributed by atoms with Crippen molar-refractivity contribution in [2.45, 2.75) is 12.5 Å². The van der Waals surface area contributed by atoms with Crippen molar-refractivity contribution in [3.63, 3.8) is 0 Å². The zero-order chi connectivity index (χ0) is 11.5. The molecule has 1 atom stereocenters. The van der Waals surface area contributed by atoms with Crippen LogP contribution in [0.15, 0.2) is 28.7 Å². The van der Waals surface area contributed by atoms with Gasteiger partial charge in [0, 0.05) is 4.47 Å². The highest BCUT2D eigenvalue weighted by Gasteiger charge is 2.35. The van der Waals surface area contributed by atoms with Crippen LogP contribution in [0, 0.1) is 0 Å². The number of hydrogen-bond acceptors (Lipinski definition) is 3. The van der Waals surface area contributed by atoms with Crippen LogP contribution < -0.4 is 5.32 Å². The highest BCUT2D eigenvalue weighted by molar-refractivity contribution is 9.10. The molecule has 0 fully saturated rings. The number of rotatable bonds is 3. The number of hydrogen-bond donors (Lipinski definition) is 1. The summed E-state index contributed by atoms with van der Waals surface area (Å²) < 4.78 is 5.68. The molecule has 0 amide bonds. The average molecular weight is 272 g/mol. The zero-order valence-electron chi connectivity index (χ0n) is 9.00. The molecule has 0 radical (unpaired) electrons. The van der Waals surface area contributed by atoms with Gasteiger partial charge >= 0.3 is 5.97 Å². The molecule has 1 N–H and O–H groups in total. The molecule has 82 valence electrons. The number of methoxy groups -OCH3 is 1. The van der Waals surface area contributed by atoms with Gasteiger partial charge in [0.25, 0.3) is 0 Å². The van der Waals surface area contributed by atoms with Gasteiger partial charge in [0.1, 0.15) is 5.54 Å². The van der Waals surface area contributed by atoms with Gasteiger partial charge in [-0.3, -0.25) is 0 Å². The fourth-order valence-electron chi connectivity index (χ4n) is 1.42. The van der Waals surface area contributed by atoms with Crippen molar-refractivity contribution >= 4 is 21.9 Å². The fraction of sp³-hybridized carbons (Fsp3) is 0.364. The second-order valence-electron chi connectivity index (χ2n) is 3.35. The molecule has 15 heavy (non-hydrogen) atoms. The van der Waals surface area contributed by atoms with E-state index in [1.165, 1.54) is 7.11 Å². The highest BCUT2D eigenvalue weighted by atomic mass is 79.9. The average Bonchev–Trinajstić information content (AvgIpc) is 2.27. The van der Waals surface area contributed by atoms with Gasteiger partial charge in [0.2, 0.25) is 0 Å². The summed E-state index contributed by atoms with van der Waals surface area (Å²) in [5, 5.41) is 2.98. The van der Waals surface area contributed by atoms with Crippen molar-refractivity contribution in [3.05, 3.63) is 34.3 Å². The van der Waals surface area contributed by atoms with E-state index in [4.69, 9.17) is 4.74 Å². The van der Waals surface area contributed by atoms with Crippen LogP contribution in [0.3, 0.4) is 0 Å². The van der Waals surface area contributed by atoms with Crippen molar-refractivity contribution in [1.82, 2.24) is 5.32 Å². The van der Waals surface area contributed by atoms with Gasteiger partial charge in [0.15, 0.2) is 0 Å². The lowest BCUT2D eigenvalue weighted by molar-refractivity contribution is -0.148. The van der Waals surface area contributed by atoms with Crippen molar-refractivity contribution in [3.8, 4) is 0 Å². The third kappa shape index (κ3) is 2.21. The quantitative estimate of drug-likeness (QED) is 0.856. The number of carbonyl (C=O) groups is 1. The number of ether oxygens (including phenoxy) is 1. The minimum Gasteiger partial charge on any atom is -0.467 e. The standard InChI is InChI=1S/C11H14BrNO2/c1-11(13-2,10(14)15-3)8-6-4-5-7-9(8)12/h4-7,13H,1-3H3. The molecule has 1 rings (SSSR count). The summed E-state index contributed by atoms with van der Waals surface area (Å²) in [5.74, 6) is -0.308. The third-order valence-corrected chi connectivity index (χ3v) is 3.20. The summed E-state index contributed by atoms with van der Waals surface area (Å²) in [6, 6.07) is 7.57. The van der Waals surface area contributed by atoms with E-state index in [-0.39, 0.29) is 5.97 Å². The molecule has 0 aliphatic heterocycles. The van der Waals surface area contributed by atoms with Crippen molar-refractivity contribution in [1.29, 1.82) is 0 Å². The molecule has 0 aromatic heterocycles. The summed E-state index contributed by atoms with van der Waals surface area (Å²) in [5.41, 5.74) is 0.0359. The van der Waals surface area contributed by atoms with Gasteiger partial charge in [0.05, 0.1) is 7.11 Å². The summed E-state index contributed by atoms with van der Waals surface area (Å²) >= 11 is 3.42. The molecule has 3 nitrogen and oxygen atoms in total. The van der Waals surface area contributed by atoms with E-state index in [1.807, 2.05) is 24.3 Å². The summed E-state index contributed by atoms with van der Waals surface area (Å²) in [6.07, 6.45) is 0. The van der Waals surface area contributed by atoms with Gasteiger partial charge < -0.3 is 10.1 Å². The Labute approximate surface area is 97.9 Å². The molecule has 0 saturated carbocycles. The maximum Gasteiger partial charge on any atom is 0.330 e. The zero-order valence-corrected chi connectivity index (χ0v) is 10.6. The van der Waals surface area contributed by atoms with Gasteiger partial charge in [-0.1, -0.05) is 34.1 Å². The Morgan fingerprint density at radius 1 is 1.47 bits per heavy atom. The predicted octanol–water partition coefficient (Wildman–Crippen LogP) is 2.06. The maximum atomic E-state index is 11.7. The van der Waals surface area contributed by atoms with Crippen LogP contribution in [-0.4, -0.2) is 20.1 Å². The Bertz CT molecular complexity index is 367. The summed E-state index contributed by atoms with van der Waals surface area (Å²) in [7, 11) is 3.12. The first-order valence-corrected chi connectivity index (χ1v) is 5.38. The molecule has 0 aliphatic carbocycles. The smallest absolute Gasteiger partial charge is 0.330 e. The van der Waals surface area contributed by atoms with E-state index in [1.54, 1.807) is 14.0 Å². The lowest BCUT2D eigenvalue weighted by atomic mass is 9.92. The molecule has 0 saturated heterocycles. The minimum absolute atomic E-state index is 0.308. The van der Waals surface area contributed by atoms with Gasteiger partial charge in [-0.2, -0.15) is 0 Å². The van der Waals surface area contributed by atoms with E-state index in [0.717, 1.165) is 10.0 Å². The first-order chi connectivity index (χ1) is 7.06. The molecule has 0 bridgehead atoms. The first-order valence-electron chi connectivity index (χ1n) is 4.58. The number of halogens is 1. The second kappa shape index (κ2) is 4.77. The summed E-state index contributed by atoms with van der Waals surface area (Å²) in [6.45, 7) is 1.79. The Hall–Kier alpha value is -0.870. The van der Waals surface area contributed by atoms with Crippen molar-refractivity contribution in [2.24, 2.45) is 0 Å². The van der Waals surface area contributed by atoms with Crippen LogP contribution in [0.1, 0.15) is 12.5 Å².